The van der Waals surface area contributed by atoms with Gasteiger partial charge in [-0.15, -0.1) is 11.8 Å². The van der Waals surface area contributed by atoms with Gasteiger partial charge in [-0.05, 0) is 92.7 Å². The summed E-state index contributed by atoms with van der Waals surface area (Å²) >= 11 is 8.37. The minimum Gasteiger partial charge on any atom is -0.332 e. The first-order chi connectivity index (χ1) is 23.2. The molecule has 2 aromatic heterocycles. The Morgan fingerprint density at radius 2 is 1.96 bits per heavy atom. The van der Waals surface area contributed by atoms with Crippen LogP contribution in [0.3, 0.4) is 0 Å². The van der Waals surface area contributed by atoms with Crippen molar-refractivity contribution >= 4 is 45.0 Å². The minimum absolute atomic E-state index is 0.0841. The lowest BCUT2D eigenvalue weighted by Gasteiger charge is -2.35. The van der Waals surface area contributed by atoms with E-state index in [9.17, 15) is 17.2 Å². The van der Waals surface area contributed by atoms with Gasteiger partial charge in [0.15, 0.2) is 0 Å². The lowest BCUT2D eigenvalue weighted by Crippen LogP contribution is -2.41. The molecule has 5 atom stereocenters. The number of hydrogen-bond donors (Lipinski definition) is 2. The first kappa shape index (κ1) is 33.3. The number of nitrogens with zero attached hydrogens (tertiary/aromatic N) is 4. The number of allylic oxidation sites excluding steroid dienone is 2. The Bertz CT molecular complexity index is 1860. The first-order valence-corrected chi connectivity index (χ1v) is 19.1. The van der Waals surface area contributed by atoms with Crippen LogP contribution in [0.25, 0.3) is 5.57 Å². The third-order valence-electron chi connectivity index (χ3n) is 9.29. The van der Waals surface area contributed by atoms with Crippen LogP contribution in [0.2, 0.25) is 5.02 Å². The number of benzene rings is 1. The summed E-state index contributed by atoms with van der Waals surface area (Å²) in [6.45, 7) is 2.35. The molecule has 3 aliphatic heterocycles. The molecule has 8 nitrogen and oxygen atoms in total. The monoisotopic (exact) mass is 710 g/mol. The van der Waals surface area contributed by atoms with Crippen molar-refractivity contribution in [1.29, 1.82) is 0 Å². The van der Waals surface area contributed by atoms with Crippen molar-refractivity contribution < 1.29 is 17.2 Å². The van der Waals surface area contributed by atoms with Crippen LogP contribution in [0.1, 0.15) is 79.9 Å². The zero-order chi connectivity index (χ0) is 33.4. The normalized spacial score (nSPS) is 23.7. The molecule has 2 fully saturated rings. The number of amidine groups is 1. The van der Waals surface area contributed by atoms with Gasteiger partial charge in [0.2, 0.25) is 0 Å². The molecule has 2 unspecified atom stereocenters. The van der Waals surface area contributed by atoms with Crippen LogP contribution in [0, 0.1) is 17.7 Å². The molecule has 252 valence electrons. The number of halogens is 3. The molecule has 7 rings (SSSR count). The summed E-state index contributed by atoms with van der Waals surface area (Å²) < 4.78 is 60.7. The second-order valence-corrected chi connectivity index (χ2v) is 15.8. The van der Waals surface area contributed by atoms with Gasteiger partial charge in [0.1, 0.15) is 23.9 Å². The molecule has 0 amide bonds. The zero-order valence-corrected chi connectivity index (χ0v) is 28.8. The molecule has 2 N–H and O–H groups in total. The van der Waals surface area contributed by atoms with Gasteiger partial charge >= 0.3 is 0 Å². The number of nitrogens with one attached hydrogen (secondary N) is 2. The van der Waals surface area contributed by atoms with Gasteiger partial charge in [-0.3, -0.25) is 9.98 Å². The van der Waals surface area contributed by atoms with Gasteiger partial charge in [-0.2, -0.15) is 13.1 Å². The second kappa shape index (κ2) is 14.0. The Kier molecular flexibility index (Phi) is 9.72. The third-order valence-corrected chi connectivity index (χ3v) is 11.8. The molecule has 3 aromatic rings. The van der Waals surface area contributed by atoms with Crippen molar-refractivity contribution in [3.8, 4) is 0 Å². The van der Waals surface area contributed by atoms with Crippen molar-refractivity contribution in [2.24, 2.45) is 16.8 Å². The molecule has 1 aliphatic carbocycles. The van der Waals surface area contributed by atoms with Crippen LogP contribution >= 0.6 is 23.4 Å². The Balaban J connectivity index is 1.17. The summed E-state index contributed by atoms with van der Waals surface area (Å²) in [6, 6.07) is 14.2. The molecule has 5 heterocycles. The highest BCUT2D eigenvalue weighted by molar-refractivity contribution is 8.03. The highest BCUT2D eigenvalue weighted by Crippen LogP contribution is 2.48. The Labute approximate surface area is 289 Å². The topological polar surface area (TPSA) is 99.6 Å². The summed E-state index contributed by atoms with van der Waals surface area (Å²) in [6.07, 6.45) is 6.51. The van der Waals surface area contributed by atoms with Crippen molar-refractivity contribution in [3.05, 3.63) is 111 Å². The van der Waals surface area contributed by atoms with E-state index in [-0.39, 0.29) is 34.7 Å². The molecule has 1 saturated heterocycles. The van der Waals surface area contributed by atoms with E-state index in [1.54, 1.807) is 36.2 Å². The van der Waals surface area contributed by atoms with Crippen LogP contribution < -0.4 is 9.44 Å². The quantitative estimate of drug-likeness (QED) is 0.202. The number of pyridine rings is 2. The Morgan fingerprint density at radius 3 is 2.67 bits per heavy atom. The number of fused-ring (bicyclic) bond motifs is 1. The maximum Gasteiger partial charge on any atom is 0.277 e. The van der Waals surface area contributed by atoms with Crippen molar-refractivity contribution in [2.75, 3.05) is 13.1 Å². The van der Waals surface area contributed by atoms with Gasteiger partial charge in [0.05, 0.1) is 28.4 Å². The van der Waals surface area contributed by atoms with E-state index < -0.39 is 28.2 Å². The number of aliphatic imine (C=N–C) groups is 1. The van der Waals surface area contributed by atoms with Crippen LogP contribution in [0.5, 0.6) is 0 Å². The summed E-state index contributed by atoms with van der Waals surface area (Å²) in [5.41, 5.74) is 4.08. The standard InChI is InChI=1S/C35H37ClF2N6O2S2/c1-21(37)27-7-4-8-28(41-27)32-30-18-22(14-16-40-48(45,46)43-33(23-10-11-23)29-6-2-3-15-39-29)20-44(30)35(31-9-5-17-47-31)42-34(32)25-13-12-24(38)19-26(25)36/h2-8,12-13,15,17,19,21-23,31,33-34,40,43H,9-11,14,16,18,20H2,1H3/t21?,22-,31?,33+,34-/m0/s1. The van der Waals surface area contributed by atoms with Gasteiger partial charge in [-0.1, -0.05) is 35.9 Å². The summed E-state index contributed by atoms with van der Waals surface area (Å²) in [7, 11) is -3.79. The van der Waals surface area contributed by atoms with Crippen molar-refractivity contribution in [1.82, 2.24) is 24.3 Å². The van der Waals surface area contributed by atoms with E-state index in [1.165, 1.54) is 19.1 Å². The Morgan fingerprint density at radius 1 is 1.12 bits per heavy atom. The van der Waals surface area contributed by atoms with Gasteiger partial charge < -0.3 is 4.90 Å². The molecule has 0 radical (unpaired) electrons. The zero-order valence-electron chi connectivity index (χ0n) is 26.4. The van der Waals surface area contributed by atoms with Gasteiger partial charge in [0.25, 0.3) is 10.2 Å². The largest absolute Gasteiger partial charge is 0.332 e. The predicted octanol–water partition coefficient (Wildman–Crippen LogP) is 7.47. The van der Waals surface area contributed by atoms with E-state index in [2.05, 4.69) is 30.8 Å². The van der Waals surface area contributed by atoms with Gasteiger partial charge in [0, 0.05) is 41.1 Å². The average molecular weight is 711 g/mol. The summed E-state index contributed by atoms with van der Waals surface area (Å²) in [5, 5.41) is 2.42. The summed E-state index contributed by atoms with van der Waals surface area (Å²) in [4.78, 5) is 16.7. The molecule has 48 heavy (non-hydrogen) atoms. The Hall–Kier alpha value is -3.16. The number of rotatable bonds is 12. The van der Waals surface area contributed by atoms with E-state index in [1.807, 2.05) is 24.3 Å². The number of thioether (sulfide) groups is 1. The lowest BCUT2D eigenvalue weighted by atomic mass is 9.90. The fourth-order valence-corrected chi connectivity index (χ4v) is 9.11. The van der Waals surface area contributed by atoms with Gasteiger partial charge in [-0.25, -0.2) is 18.5 Å². The van der Waals surface area contributed by atoms with E-state index in [4.69, 9.17) is 21.6 Å². The fourth-order valence-electron chi connectivity index (χ4n) is 6.78. The molecule has 4 aliphatic rings. The molecular formula is C35H37ClF2N6O2S2. The minimum atomic E-state index is -3.79. The number of aromatic nitrogens is 2. The number of alkyl halides is 1. The third kappa shape index (κ3) is 7.23. The maximum absolute atomic E-state index is 14.5. The van der Waals surface area contributed by atoms with Crippen molar-refractivity contribution in [2.45, 2.75) is 62.5 Å². The molecule has 0 bridgehead atoms. The second-order valence-electron chi connectivity index (χ2n) is 12.8. The van der Waals surface area contributed by atoms with Crippen molar-refractivity contribution in [3.63, 3.8) is 0 Å². The van der Waals surface area contributed by atoms with Crippen LogP contribution in [-0.4, -0.2) is 47.5 Å². The molecule has 1 saturated carbocycles. The molecule has 1 aromatic carbocycles. The molecular weight excluding hydrogens is 674 g/mol. The molecule has 13 heteroatoms. The SMILES string of the molecule is CC(F)c1cccc(C2=C3C[C@H](CCNS(=O)(=O)N[C@@H](c4ccccn4)C4CC4)CN3C(C3CC=CS3)=N[C@H]2c2ccc(F)cc2Cl)n1. The van der Waals surface area contributed by atoms with Crippen LogP contribution in [-0.2, 0) is 10.2 Å². The van der Waals surface area contributed by atoms with E-state index in [0.717, 1.165) is 42.1 Å². The average Bonchev–Trinajstić information content (AvgIpc) is 3.59. The van der Waals surface area contributed by atoms with Crippen LogP contribution in [0.4, 0.5) is 8.78 Å². The fraction of sp³-hybridized carbons (Fsp3) is 0.400. The smallest absolute Gasteiger partial charge is 0.277 e. The maximum atomic E-state index is 14.5. The van der Waals surface area contributed by atoms with Crippen LogP contribution in [0.15, 0.2) is 83.0 Å². The lowest BCUT2D eigenvalue weighted by molar-refractivity contribution is 0.365. The summed E-state index contributed by atoms with van der Waals surface area (Å²) in [5.74, 6) is 0.797. The highest BCUT2D eigenvalue weighted by atomic mass is 35.5. The van der Waals surface area contributed by atoms with E-state index >= 15 is 0 Å². The molecule has 0 spiro atoms. The first-order valence-electron chi connectivity index (χ1n) is 16.3. The predicted molar refractivity (Wildman–Crippen MR) is 187 cm³/mol. The highest BCUT2D eigenvalue weighted by Gasteiger charge is 2.42. The number of hydrogen-bond acceptors (Lipinski definition) is 7. The van der Waals surface area contributed by atoms with E-state index in [0.29, 0.717) is 36.3 Å².